The van der Waals surface area contributed by atoms with Crippen molar-refractivity contribution in [1.82, 2.24) is 10.7 Å². The van der Waals surface area contributed by atoms with Crippen molar-refractivity contribution in [2.75, 3.05) is 26.9 Å². The van der Waals surface area contributed by atoms with E-state index >= 15 is 0 Å². The molecule has 8 heteroatoms. The minimum atomic E-state index is -0.0830. The molecule has 0 saturated carbocycles. The molecule has 3 N–H and O–H groups in total. The number of aromatic hydroxyl groups is 1. The lowest BCUT2D eigenvalue weighted by molar-refractivity contribution is 0.204. The Morgan fingerprint density at radius 1 is 1.52 bits per heavy atom. The average molecular weight is 332 g/mol. The lowest BCUT2D eigenvalue weighted by Crippen LogP contribution is -2.34. The van der Waals surface area contributed by atoms with Gasteiger partial charge in [0, 0.05) is 13.7 Å². The van der Waals surface area contributed by atoms with E-state index in [2.05, 4.69) is 15.8 Å². The first kappa shape index (κ1) is 17.5. The molecule has 0 saturated heterocycles. The van der Waals surface area contributed by atoms with Crippen LogP contribution in [-0.4, -0.2) is 43.3 Å². The molecule has 0 aliphatic heterocycles. The molecule has 1 aromatic rings. The van der Waals surface area contributed by atoms with Crippen LogP contribution < -0.4 is 15.5 Å². The van der Waals surface area contributed by atoms with Gasteiger partial charge in [-0.2, -0.15) is 5.10 Å². The van der Waals surface area contributed by atoms with E-state index in [0.29, 0.717) is 36.2 Å². The van der Waals surface area contributed by atoms with E-state index in [0.717, 1.165) is 0 Å². The third-order valence-corrected chi connectivity index (χ3v) is 2.85. The summed E-state index contributed by atoms with van der Waals surface area (Å²) in [6, 6.07) is 3.21. The van der Waals surface area contributed by atoms with Crippen LogP contribution in [0.15, 0.2) is 17.2 Å². The van der Waals surface area contributed by atoms with Crippen LogP contribution in [0.4, 0.5) is 0 Å². The fraction of sp³-hybridized carbons (Fsp3) is 0.385. The zero-order chi connectivity index (χ0) is 15.7. The topological polar surface area (TPSA) is 75.1 Å². The Labute approximate surface area is 134 Å². The SMILES string of the molecule is CCOc1cc(/C=N/NC(=S)NCCOC)cc(Cl)c1O. The maximum atomic E-state index is 9.73. The van der Waals surface area contributed by atoms with Crippen LogP contribution in [0.2, 0.25) is 5.02 Å². The normalized spacial score (nSPS) is 10.6. The number of hydrazone groups is 1. The molecule has 116 valence electrons. The zero-order valence-corrected chi connectivity index (χ0v) is 13.4. The van der Waals surface area contributed by atoms with Gasteiger partial charge < -0.3 is 19.9 Å². The van der Waals surface area contributed by atoms with Crippen molar-refractivity contribution in [2.24, 2.45) is 5.10 Å². The maximum Gasteiger partial charge on any atom is 0.187 e. The highest BCUT2D eigenvalue weighted by Crippen LogP contribution is 2.34. The summed E-state index contributed by atoms with van der Waals surface area (Å²) in [5.74, 6) is 0.229. The Hall–Kier alpha value is -1.57. The third kappa shape index (κ3) is 6.16. The molecule has 0 fully saturated rings. The van der Waals surface area contributed by atoms with Crippen LogP contribution in [-0.2, 0) is 4.74 Å². The van der Waals surface area contributed by atoms with Crippen molar-refractivity contribution in [3.63, 3.8) is 0 Å². The quantitative estimate of drug-likeness (QED) is 0.307. The first-order chi connectivity index (χ1) is 10.1. The number of benzene rings is 1. The molecule has 0 heterocycles. The van der Waals surface area contributed by atoms with Crippen molar-refractivity contribution in [2.45, 2.75) is 6.92 Å². The second kappa shape index (κ2) is 9.38. The number of hydrogen-bond acceptors (Lipinski definition) is 5. The number of halogens is 1. The van der Waals surface area contributed by atoms with Gasteiger partial charge in [-0.05, 0) is 36.8 Å². The molecule has 0 radical (unpaired) electrons. The highest BCUT2D eigenvalue weighted by molar-refractivity contribution is 7.80. The molecule has 0 bridgehead atoms. The van der Waals surface area contributed by atoms with Crippen molar-refractivity contribution in [3.05, 3.63) is 22.7 Å². The first-order valence-electron chi connectivity index (χ1n) is 6.29. The van der Waals surface area contributed by atoms with Crippen LogP contribution in [0.5, 0.6) is 11.5 Å². The predicted molar refractivity (Wildman–Crippen MR) is 87.5 cm³/mol. The number of nitrogens with one attached hydrogen (secondary N) is 2. The van der Waals surface area contributed by atoms with Crippen LogP contribution in [0.25, 0.3) is 0 Å². The summed E-state index contributed by atoms with van der Waals surface area (Å²) in [5, 5.41) is 17.2. The third-order valence-electron chi connectivity index (χ3n) is 2.32. The Morgan fingerprint density at radius 2 is 2.29 bits per heavy atom. The summed E-state index contributed by atoms with van der Waals surface area (Å²) in [5.41, 5.74) is 3.34. The minimum absolute atomic E-state index is 0.0830. The van der Waals surface area contributed by atoms with Crippen molar-refractivity contribution in [1.29, 1.82) is 0 Å². The van der Waals surface area contributed by atoms with Gasteiger partial charge in [0.05, 0.1) is 24.5 Å². The van der Waals surface area contributed by atoms with Crippen LogP contribution in [0, 0.1) is 0 Å². The van der Waals surface area contributed by atoms with E-state index in [1.165, 1.54) is 6.21 Å². The van der Waals surface area contributed by atoms with E-state index in [1.54, 1.807) is 19.2 Å². The minimum Gasteiger partial charge on any atom is -0.503 e. The van der Waals surface area contributed by atoms with Gasteiger partial charge in [-0.1, -0.05) is 11.6 Å². The van der Waals surface area contributed by atoms with Crippen molar-refractivity contribution in [3.8, 4) is 11.5 Å². The summed E-state index contributed by atoms with van der Waals surface area (Å²) >= 11 is 10.9. The number of hydrogen-bond donors (Lipinski definition) is 3. The Bertz CT molecular complexity index is 512. The number of rotatable bonds is 7. The average Bonchev–Trinajstić information content (AvgIpc) is 2.45. The van der Waals surface area contributed by atoms with Gasteiger partial charge in [-0.3, -0.25) is 5.43 Å². The second-order valence-corrected chi connectivity index (χ2v) is 4.72. The predicted octanol–water partition coefficient (Wildman–Crippen LogP) is 1.89. The first-order valence-corrected chi connectivity index (χ1v) is 7.08. The highest BCUT2D eigenvalue weighted by atomic mass is 35.5. The van der Waals surface area contributed by atoms with E-state index in [9.17, 15) is 5.11 Å². The summed E-state index contributed by atoms with van der Waals surface area (Å²) in [7, 11) is 1.61. The molecule has 1 aromatic carbocycles. The van der Waals surface area contributed by atoms with Gasteiger partial charge in [-0.15, -0.1) is 0 Å². The summed E-state index contributed by atoms with van der Waals surface area (Å²) < 4.78 is 10.2. The monoisotopic (exact) mass is 331 g/mol. The van der Waals surface area contributed by atoms with Crippen LogP contribution >= 0.6 is 23.8 Å². The maximum absolute atomic E-state index is 9.73. The number of ether oxygens (including phenoxy) is 2. The molecule has 6 nitrogen and oxygen atoms in total. The van der Waals surface area contributed by atoms with Crippen molar-refractivity contribution >= 4 is 35.1 Å². The Kier molecular flexibility index (Phi) is 7.81. The summed E-state index contributed by atoms with van der Waals surface area (Å²) in [4.78, 5) is 0. The lowest BCUT2D eigenvalue weighted by Gasteiger charge is -2.08. The van der Waals surface area contributed by atoms with Crippen LogP contribution in [0.3, 0.4) is 0 Å². The molecular formula is C13H18ClN3O3S. The number of thiocarbonyl (C=S) groups is 1. The molecule has 0 spiro atoms. The number of phenols is 1. The molecule has 1 rings (SSSR count). The standard InChI is InChI=1S/C13H18ClN3O3S/c1-3-20-11-7-9(6-10(14)12(11)18)8-16-17-13(21)15-4-5-19-2/h6-8,18H,3-5H2,1-2H3,(H2,15,17,21)/b16-8+. The van der Waals surface area contributed by atoms with E-state index in [-0.39, 0.29) is 10.8 Å². The molecular weight excluding hydrogens is 314 g/mol. The number of nitrogens with zero attached hydrogens (tertiary/aromatic N) is 1. The van der Waals surface area contributed by atoms with Crippen LogP contribution in [0.1, 0.15) is 12.5 Å². The van der Waals surface area contributed by atoms with E-state index in [1.807, 2.05) is 6.92 Å². The largest absolute Gasteiger partial charge is 0.503 e. The fourth-order valence-electron chi connectivity index (χ4n) is 1.41. The highest BCUT2D eigenvalue weighted by Gasteiger charge is 2.08. The van der Waals surface area contributed by atoms with Gasteiger partial charge in [0.15, 0.2) is 16.6 Å². The van der Waals surface area contributed by atoms with Gasteiger partial charge in [0.2, 0.25) is 0 Å². The molecule has 0 aliphatic carbocycles. The Balaban J connectivity index is 2.61. The zero-order valence-electron chi connectivity index (χ0n) is 11.9. The molecule has 21 heavy (non-hydrogen) atoms. The molecule has 0 unspecified atom stereocenters. The molecule has 0 aliphatic rings. The van der Waals surface area contributed by atoms with Gasteiger partial charge in [-0.25, -0.2) is 0 Å². The second-order valence-electron chi connectivity index (χ2n) is 3.90. The number of phenolic OH excluding ortho intramolecular Hbond substituents is 1. The van der Waals surface area contributed by atoms with Gasteiger partial charge in [0.25, 0.3) is 0 Å². The van der Waals surface area contributed by atoms with Gasteiger partial charge in [0.1, 0.15) is 0 Å². The van der Waals surface area contributed by atoms with Crippen molar-refractivity contribution < 1.29 is 14.6 Å². The number of methoxy groups -OCH3 is 1. The molecule has 0 aromatic heterocycles. The smallest absolute Gasteiger partial charge is 0.187 e. The molecule has 0 amide bonds. The Morgan fingerprint density at radius 3 is 2.95 bits per heavy atom. The summed E-state index contributed by atoms with van der Waals surface area (Å²) in [6.07, 6.45) is 1.53. The van der Waals surface area contributed by atoms with E-state index in [4.69, 9.17) is 33.3 Å². The van der Waals surface area contributed by atoms with E-state index < -0.39 is 0 Å². The molecule has 0 atom stereocenters. The summed E-state index contributed by atoms with van der Waals surface area (Å²) in [6.45, 7) is 3.39. The fourth-order valence-corrected chi connectivity index (χ4v) is 1.78. The lowest BCUT2D eigenvalue weighted by atomic mass is 10.2. The van der Waals surface area contributed by atoms with Gasteiger partial charge >= 0.3 is 0 Å².